The summed E-state index contributed by atoms with van der Waals surface area (Å²) in [5.74, 6) is 0.156. The molecule has 0 atom stereocenters. The highest BCUT2D eigenvalue weighted by molar-refractivity contribution is 6.30. The number of fused-ring (bicyclic) bond motifs is 3. The molecule has 1 N–H and O–H groups in total. The molecule has 0 bridgehead atoms. The normalized spacial score (nSPS) is 11.3. The van der Waals surface area contributed by atoms with Gasteiger partial charge in [-0.3, -0.25) is 5.41 Å². The molecule has 0 saturated heterocycles. The summed E-state index contributed by atoms with van der Waals surface area (Å²) in [5.41, 5.74) is 0.252. The number of halogens is 1. The van der Waals surface area contributed by atoms with Crippen molar-refractivity contribution in [3.05, 3.63) is 86.4 Å². The van der Waals surface area contributed by atoms with Gasteiger partial charge < -0.3 is 8.83 Å². The molecule has 0 aliphatic carbocycles. The number of benzene rings is 2. The minimum atomic E-state index is -0.625. The Labute approximate surface area is 157 Å². The second kappa shape index (κ2) is 6.60. The topological polar surface area (TPSA) is 91.0 Å². The Bertz CT molecular complexity index is 1370. The second-order valence-electron chi connectivity index (χ2n) is 5.80. The molecule has 0 saturated carbocycles. The first-order chi connectivity index (χ1) is 13.1. The molecule has 2 aromatic heterocycles. The van der Waals surface area contributed by atoms with Gasteiger partial charge in [0, 0.05) is 15.8 Å². The molecule has 4 rings (SSSR count). The first-order valence-corrected chi connectivity index (χ1v) is 8.37. The lowest BCUT2D eigenvalue weighted by Gasteiger charge is -2.06. The Morgan fingerprint density at radius 3 is 2.48 bits per heavy atom. The maximum Gasteiger partial charge on any atom is 0.348 e. The van der Waals surface area contributed by atoms with E-state index in [9.17, 15) is 10.1 Å². The zero-order chi connectivity index (χ0) is 19.0. The summed E-state index contributed by atoms with van der Waals surface area (Å²) in [6, 6.07) is 16.0. The lowest BCUT2D eigenvalue weighted by atomic mass is 10.0. The molecule has 4 aromatic rings. The Hall–Kier alpha value is -3.62. The molecular weight excluding hydrogens is 364 g/mol. The summed E-state index contributed by atoms with van der Waals surface area (Å²) >= 11 is 5.89. The average molecular weight is 375 g/mol. The largest absolute Gasteiger partial charge is 0.437 e. The number of para-hydroxylation sites is 1. The summed E-state index contributed by atoms with van der Waals surface area (Å²) in [7, 11) is 0. The molecule has 0 unspecified atom stereocenters. The molecule has 2 aromatic carbocycles. The predicted molar refractivity (Wildman–Crippen MR) is 103 cm³/mol. The van der Waals surface area contributed by atoms with Crippen LogP contribution in [-0.4, -0.2) is 0 Å². The summed E-state index contributed by atoms with van der Waals surface area (Å²) in [6.07, 6.45) is 3.31. The maximum absolute atomic E-state index is 12.6. The standard InChI is InChI=1S/C21H11ClN2O3/c22-13-8-5-12(6-9-13)7-10-17-19-18(15(11-23)20(24)26-17)14-3-1-2-4-16(14)27-21(19)25/h1-10,24H/b10-7+,24-20?. The third kappa shape index (κ3) is 2.92. The van der Waals surface area contributed by atoms with E-state index in [1.807, 2.05) is 18.2 Å². The SMILES string of the molecule is N#Cc1c(=N)oc(/C=C/c2ccc(Cl)cc2)c2c(=O)oc3ccccc3c12. The van der Waals surface area contributed by atoms with Gasteiger partial charge >= 0.3 is 5.63 Å². The van der Waals surface area contributed by atoms with E-state index in [1.165, 1.54) is 0 Å². The second-order valence-corrected chi connectivity index (χ2v) is 6.24. The highest BCUT2D eigenvalue weighted by Crippen LogP contribution is 2.27. The summed E-state index contributed by atoms with van der Waals surface area (Å²) < 4.78 is 10.8. The van der Waals surface area contributed by atoms with Crippen LogP contribution in [0.4, 0.5) is 0 Å². The van der Waals surface area contributed by atoms with E-state index in [-0.39, 0.29) is 22.3 Å². The van der Waals surface area contributed by atoms with Crippen LogP contribution >= 0.6 is 11.6 Å². The molecule has 2 heterocycles. The Kier molecular flexibility index (Phi) is 4.11. The molecule has 5 nitrogen and oxygen atoms in total. The van der Waals surface area contributed by atoms with Crippen molar-refractivity contribution in [2.24, 2.45) is 0 Å². The lowest BCUT2D eigenvalue weighted by molar-refractivity contribution is 0.479. The first-order valence-electron chi connectivity index (χ1n) is 7.99. The van der Waals surface area contributed by atoms with Crippen molar-refractivity contribution in [3.8, 4) is 6.07 Å². The molecule has 27 heavy (non-hydrogen) atoms. The van der Waals surface area contributed by atoms with E-state index in [0.717, 1.165) is 5.56 Å². The summed E-state index contributed by atoms with van der Waals surface area (Å²) in [5, 5.41) is 19.3. The van der Waals surface area contributed by atoms with Crippen LogP contribution in [-0.2, 0) is 0 Å². The van der Waals surface area contributed by atoms with Crippen LogP contribution < -0.4 is 11.2 Å². The fourth-order valence-corrected chi connectivity index (χ4v) is 3.05. The number of rotatable bonds is 2. The minimum Gasteiger partial charge on any atom is -0.437 e. The van der Waals surface area contributed by atoms with Crippen molar-refractivity contribution in [1.29, 1.82) is 10.7 Å². The van der Waals surface area contributed by atoms with Gasteiger partial charge in [0.05, 0.1) is 0 Å². The minimum absolute atomic E-state index is 0.00209. The van der Waals surface area contributed by atoms with E-state index in [2.05, 4.69) is 0 Å². The van der Waals surface area contributed by atoms with Gasteiger partial charge in [0.1, 0.15) is 28.4 Å². The molecular formula is C21H11ClN2O3. The third-order valence-electron chi connectivity index (χ3n) is 4.16. The highest BCUT2D eigenvalue weighted by Gasteiger charge is 2.17. The number of hydrogen-bond acceptors (Lipinski definition) is 5. The van der Waals surface area contributed by atoms with E-state index in [0.29, 0.717) is 21.4 Å². The van der Waals surface area contributed by atoms with Gasteiger partial charge in [0.2, 0.25) is 5.55 Å². The number of nitrogens with one attached hydrogen (secondary N) is 1. The van der Waals surface area contributed by atoms with Crippen LogP contribution in [0.5, 0.6) is 0 Å². The third-order valence-corrected chi connectivity index (χ3v) is 4.41. The molecule has 0 amide bonds. The van der Waals surface area contributed by atoms with Crippen molar-refractivity contribution in [3.63, 3.8) is 0 Å². The van der Waals surface area contributed by atoms with E-state index in [4.69, 9.17) is 25.8 Å². The Balaban J connectivity index is 2.06. The van der Waals surface area contributed by atoms with Gasteiger partial charge in [-0.2, -0.15) is 5.26 Å². The van der Waals surface area contributed by atoms with Crippen molar-refractivity contribution < 1.29 is 8.83 Å². The van der Waals surface area contributed by atoms with Crippen LogP contribution in [0.2, 0.25) is 5.02 Å². The van der Waals surface area contributed by atoms with Crippen LogP contribution in [0.15, 0.2) is 62.2 Å². The molecule has 0 aliphatic rings. The molecule has 0 fully saturated rings. The van der Waals surface area contributed by atoms with Crippen molar-refractivity contribution in [2.75, 3.05) is 0 Å². The van der Waals surface area contributed by atoms with Crippen molar-refractivity contribution in [1.82, 2.24) is 0 Å². The number of nitriles is 1. The van der Waals surface area contributed by atoms with Gasteiger partial charge in [-0.15, -0.1) is 0 Å². The Morgan fingerprint density at radius 2 is 1.74 bits per heavy atom. The number of nitrogens with zero attached hydrogens (tertiary/aromatic N) is 1. The zero-order valence-electron chi connectivity index (χ0n) is 13.8. The lowest BCUT2D eigenvalue weighted by Crippen LogP contribution is -2.12. The van der Waals surface area contributed by atoms with Gasteiger partial charge in [0.15, 0.2) is 0 Å². The summed E-state index contributed by atoms with van der Waals surface area (Å²) in [6.45, 7) is 0. The monoisotopic (exact) mass is 374 g/mol. The highest BCUT2D eigenvalue weighted by atomic mass is 35.5. The first kappa shape index (κ1) is 16.8. The maximum atomic E-state index is 12.6. The van der Waals surface area contributed by atoms with Crippen LogP contribution in [0.25, 0.3) is 33.9 Å². The van der Waals surface area contributed by atoms with Crippen LogP contribution in [0.3, 0.4) is 0 Å². The fourth-order valence-electron chi connectivity index (χ4n) is 2.93. The van der Waals surface area contributed by atoms with E-state index < -0.39 is 5.63 Å². The van der Waals surface area contributed by atoms with Crippen molar-refractivity contribution in [2.45, 2.75) is 0 Å². The van der Waals surface area contributed by atoms with Gasteiger partial charge in [-0.25, -0.2) is 4.79 Å². The zero-order valence-corrected chi connectivity index (χ0v) is 14.6. The molecule has 130 valence electrons. The van der Waals surface area contributed by atoms with Crippen molar-refractivity contribution >= 4 is 45.5 Å². The van der Waals surface area contributed by atoms with Crippen LogP contribution in [0.1, 0.15) is 16.9 Å². The van der Waals surface area contributed by atoms with Crippen LogP contribution in [0, 0.1) is 16.7 Å². The molecule has 0 spiro atoms. The van der Waals surface area contributed by atoms with Gasteiger partial charge in [-0.1, -0.05) is 48.0 Å². The Morgan fingerprint density at radius 1 is 1.00 bits per heavy atom. The average Bonchev–Trinajstić information content (AvgIpc) is 2.67. The van der Waals surface area contributed by atoms with E-state index in [1.54, 1.807) is 48.6 Å². The number of hydrogen-bond donors (Lipinski definition) is 1. The summed E-state index contributed by atoms with van der Waals surface area (Å²) in [4.78, 5) is 12.6. The van der Waals surface area contributed by atoms with E-state index >= 15 is 0 Å². The molecule has 0 radical (unpaired) electrons. The fraction of sp³-hybridized carbons (Fsp3) is 0. The quantitative estimate of drug-likeness (QED) is 0.406. The van der Waals surface area contributed by atoms with Gasteiger partial charge in [0.25, 0.3) is 0 Å². The van der Waals surface area contributed by atoms with Gasteiger partial charge in [-0.05, 0) is 29.8 Å². The molecule has 0 aliphatic heterocycles. The molecule has 6 heteroatoms. The smallest absolute Gasteiger partial charge is 0.348 e. The predicted octanol–water partition coefficient (Wildman–Crippen LogP) is 4.71.